The van der Waals surface area contributed by atoms with Crippen LogP contribution in [-0.4, -0.2) is 34.5 Å². The molecule has 0 bridgehead atoms. The summed E-state index contributed by atoms with van der Waals surface area (Å²) in [7, 11) is 0. The fraction of sp³-hybridized carbons (Fsp3) is 0.273. The van der Waals surface area contributed by atoms with Gasteiger partial charge in [-0.15, -0.1) is 0 Å². The van der Waals surface area contributed by atoms with Crippen LogP contribution in [0.25, 0.3) is 0 Å². The second kappa shape index (κ2) is 4.82. The van der Waals surface area contributed by atoms with E-state index in [4.69, 9.17) is 5.11 Å². The number of hydrogen-bond acceptors (Lipinski definition) is 4. The van der Waals surface area contributed by atoms with Gasteiger partial charge in [-0.2, -0.15) is 0 Å². The molecule has 2 rings (SSSR count). The van der Waals surface area contributed by atoms with Crippen LogP contribution in [0.15, 0.2) is 18.3 Å². The number of carboxylic acids is 1. The summed E-state index contributed by atoms with van der Waals surface area (Å²) in [4.78, 5) is 38.5. The van der Waals surface area contributed by atoms with E-state index < -0.39 is 12.0 Å². The van der Waals surface area contributed by atoms with Crippen LogP contribution in [0.1, 0.15) is 12.1 Å². The van der Waals surface area contributed by atoms with E-state index in [1.807, 2.05) is 0 Å². The Labute approximate surface area is 102 Å². The van der Waals surface area contributed by atoms with E-state index in [2.05, 4.69) is 10.3 Å². The molecule has 3 amide bonds. The Hall–Kier alpha value is -2.44. The van der Waals surface area contributed by atoms with Crippen LogP contribution in [0.5, 0.6) is 0 Å². The number of imide groups is 1. The van der Waals surface area contributed by atoms with Gasteiger partial charge in [0.15, 0.2) is 0 Å². The summed E-state index contributed by atoms with van der Waals surface area (Å²) in [6.07, 6.45) is 1.46. The van der Waals surface area contributed by atoms with E-state index in [9.17, 15) is 14.4 Å². The number of carbonyl (C=O) groups excluding carboxylic acids is 2. The normalized spacial score (nSPS) is 15.4. The molecule has 2 heterocycles. The number of carboxylic acid groups (broad SMARTS) is 1. The Morgan fingerprint density at radius 1 is 1.50 bits per heavy atom. The molecule has 1 aliphatic rings. The molecule has 1 aromatic rings. The lowest BCUT2D eigenvalue weighted by Crippen LogP contribution is -2.49. The number of amides is 3. The lowest BCUT2D eigenvalue weighted by molar-refractivity contribution is -0.136. The lowest BCUT2D eigenvalue weighted by Gasteiger charge is -2.26. The molecule has 0 aromatic carbocycles. The second-order valence-corrected chi connectivity index (χ2v) is 3.83. The molecule has 2 N–H and O–H groups in total. The van der Waals surface area contributed by atoms with Gasteiger partial charge in [-0.25, -0.2) is 4.79 Å². The van der Waals surface area contributed by atoms with Crippen molar-refractivity contribution in [2.45, 2.75) is 12.8 Å². The standard InChI is InChI=1S/C11H11N3O4/c15-9-2-4-14(11(18)13-9)8-1-3-12-7(5-8)6-10(16)17/h1,3,5H,2,4,6H2,(H,16,17)(H,13,15,18). The van der Waals surface area contributed by atoms with Crippen LogP contribution in [0, 0.1) is 0 Å². The summed E-state index contributed by atoms with van der Waals surface area (Å²) in [5.41, 5.74) is 0.899. The van der Waals surface area contributed by atoms with E-state index in [-0.39, 0.29) is 25.3 Å². The van der Waals surface area contributed by atoms with Crippen molar-refractivity contribution < 1.29 is 19.5 Å². The van der Waals surface area contributed by atoms with Crippen LogP contribution < -0.4 is 10.2 Å². The van der Waals surface area contributed by atoms with Gasteiger partial charge in [-0.1, -0.05) is 0 Å². The third-order valence-corrected chi connectivity index (χ3v) is 2.50. The predicted octanol–water partition coefficient (Wildman–Crippen LogP) is 0.155. The summed E-state index contributed by atoms with van der Waals surface area (Å²) in [5.74, 6) is -1.30. The molecule has 1 fully saturated rings. The van der Waals surface area contributed by atoms with Gasteiger partial charge in [0.05, 0.1) is 12.1 Å². The molecule has 1 aromatic heterocycles. The van der Waals surface area contributed by atoms with Crippen molar-refractivity contribution in [3.63, 3.8) is 0 Å². The monoisotopic (exact) mass is 249 g/mol. The van der Waals surface area contributed by atoms with Crippen molar-refractivity contribution >= 4 is 23.6 Å². The van der Waals surface area contributed by atoms with E-state index >= 15 is 0 Å². The Morgan fingerprint density at radius 3 is 2.94 bits per heavy atom. The number of hydrogen-bond donors (Lipinski definition) is 2. The third-order valence-electron chi connectivity index (χ3n) is 2.50. The largest absolute Gasteiger partial charge is 0.481 e. The van der Waals surface area contributed by atoms with Crippen molar-refractivity contribution in [3.8, 4) is 0 Å². The highest BCUT2D eigenvalue weighted by Gasteiger charge is 2.24. The molecule has 18 heavy (non-hydrogen) atoms. The zero-order valence-electron chi connectivity index (χ0n) is 9.42. The maximum absolute atomic E-state index is 11.6. The lowest BCUT2D eigenvalue weighted by atomic mass is 10.2. The number of carbonyl (C=O) groups is 3. The minimum atomic E-state index is -0.988. The summed E-state index contributed by atoms with van der Waals surface area (Å²) < 4.78 is 0. The Bertz CT molecular complexity index is 515. The van der Waals surface area contributed by atoms with Gasteiger partial charge in [0.25, 0.3) is 0 Å². The third kappa shape index (κ3) is 2.62. The van der Waals surface area contributed by atoms with Gasteiger partial charge >= 0.3 is 12.0 Å². The molecule has 94 valence electrons. The maximum atomic E-state index is 11.6. The predicted molar refractivity (Wildman–Crippen MR) is 61.1 cm³/mol. The van der Waals surface area contributed by atoms with Gasteiger partial charge in [0, 0.05) is 24.8 Å². The molecule has 1 saturated heterocycles. The van der Waals surface area contributed by atoms with Crippen LogP contribution >= 0.6 is 0 Å². The molecule has 1 aliphatic heterocycles. The molecule has 0 aliphatic carbocycles. The van der Waals surface area contributed by atoms with Gasteiger partial charge in [-0.3, -0.25) is 24.8 Å². The van der Waals surface area contributed by atoms with Crippen LogP contribution in [0.4, 0.5) is 10.5 Å². The zero-order chi connectivity index (χ0) is 13.1. The Morgan fingerprint density at radius 2 is 2.28 bits per heavy atom. The summed E-state index contributed by atoms with van der Waals surface area (Å²) in [6.45, 7) is 0.279. The zero-order valence-corrected chi connectivity index (χ0v) is 9.42. The number of rotatable bonds is 3. The van der Waals surface area contributed by atoms with E-state index in [0.29, 0.717) is 11.4 Å². The average molecular weight is 249 g/mol. The SMILES string of the molecule is O=C(O)Cc1cc(N2CCC(=O)NC2=O)ccn1. The fourth-order valence-electron chi connectivity index (χ4n) is 1.70. The number of nitrogens with one attached hydrogen (secondary N) is 1. The van der Waals surface area contributed by atoms with Gasteiger partial charge in [-0.05, 0) is 12.1 Å². The van der Waals surface area contributed by atoms with Crippen molar-refractivity contribution in [1.82, 2.24) is 10.3 Å². The first-order valence-electron chi connectivity index (χ1n) is 5.34. The number of urea groups is 1. The molecule has 7 nitrogen and oxygen atoms in total. The minimum absolute atomic E-state index is 0.206. The van der Waals surface area contributed by atoms with Gasteiger partial charge in [0.1, 0.15) is 0 Å². The van der Waals surface area contributed by atoms with Crippen LogP contribution in [0.3, 0.4) is 0 Å². The second-order valence-electron chi connectivity index (χ2n) is 3.83. The molecule has 0 atom stereocenters. The molecule has 0 radical (unpaired) electrons. The molecule has 0 saturated carbocycles. The highest BCUT2D eigenvalue weighted by Crippen LogP contribution is 2.17. The molecule has 0 spiro atoms. The molecule has 0 unspecified atom stereocenters. The highest BCUT2D eigenvalue weighted by molar-refractivity contribution is 6.05. The summed E-state index contributed by atoms with van der Waals surface area (Å²) in [5, 5.41) is 10.9. The average Bonchev–Trinajstić information content (AvgIpc) is 2.28. The van der Waals surface area contributed by atoms with Gasteiger partial charge < -0.3 is 5.11 Å². The summed E-state index contributed by atoms with van der Waals surface area (Å²) >= 11 is 0. The summed E-state index contributed by atoms with van der Waals surface area (Å²) in [6, 6.07) is 2.63. The molecular weight excluding hydrogens is 238 g/mol. The number of nitrogens with zero attached hydrogens (tertiary/aromatic N) is 2. The number of pyridine rings is 1. The highest BCUT2D eigenvalue weighted by atomic mass is 16.4. The maximum Gasteiger partial charge on any atom is 0.328 e. The van der Waals surface area contributed by atoms with Crippen LogP contribution in [-0.2, 0) is 16.0 Å². The van der Waals surface area contributed by atoms with E-state index in [0.717, 1.165) is 0 Å². The van der Waals surface area contributed by atoms with E-state index in [1.165, 1.54) is 17.2 Å². The number of aromatic nitrogens is 1. The first-order chi connectivity index (χ1) is 8.56. The van der Waals surface area contributed by atoms with Crippen molar-refractivity contribution in [2.24, 2.45) is 0 Å². The first-order valence-corrected chi connectivity index (χ1v) is 5.34. The number of aliphatic carboxylic acids is 1. The molecule has 7 heteroatoms. The first kappa shape index (κ1) is 12.0. The van der Waals surface area contributed by atoms with Gasteiger partial charge in [0.2, 0.25) is 5.91 Å². The fourth-order valence-corrected chi connectivity index (χ4v) is 1.70. The Kier molecular flexibility index (Phi) is 3.22. The molecular formula is C11H11N3O4. The Balaban J connectivity index is 2.20. The van der Waals surface area contributed by atoms with Crippen molar-refractivity contribution in [3.05, 3.63) is 24.0 Å². The number of anilines is 1. The topological polar surface area (TPSA) is 99.6 Å². The van der Waals surface area contributed by atoms with Crippen molar-refractivity contribution in [1.29, 1.82) is 0 Å². The smallest absolute Gasteiger partial charge is 0.328 e. The quantitative estimate of drug-likeness (QED) is 0.794. The minimum Gasteiger partial charge on any atom is -0.481 e. The van der Waals surface area contributed by atoms with E-state index in [1.54, 1.807) is 6.07 Å². The van der Waals surface area contributed by atoms with Crippen LogP contribution in [0.2, 0.25) is 0 Å². The van der Waals surface area contributed by atoms with Crippen molar-refractivity contribution in [2.75, 3.05) is 11.4 Å².